The van der Waals surface area contributed by atoms with Crippen LogP contribution >= 0.6 is 0 Å². The maximum absolute atomic E-state index is 13.1. The van der Waals surface area contributed by atoms with Gasteiger partial charge in [0.1, 0.15) is 0 Å². The van der Waals surface area contributed by atoms with Gasteiger partial charge in [-0.15, -0.1) is 0 Å². The highest BCUT2D eigenvalue weighted by Crippen LogP contribution is 2.60. The van der Waals surface area contributed by atoms with E-state index < -0.39 is 17.3 Å². The number of alkyl halides is 3. The number of nitrogens with one attached hydrogen (secondary N) is 2. The summed E-state index contributed by atoms with van der Waals surface area (Å²) >= 11 is 0. The normalized spacial score (nSPS) is 32.0. The lowest BCUT2D eigenvalue weighted by molar-refractivity contribution is -0.137. The molecule has 128 valence electrons. The molecule has 1 heterocycles. The molecule has 3 N–H and O–H groups in total. The summed E-state index contributed by atoms with van der Waals surface area (Å²) in [5, 5.41) is 20.7. The van der Waals surface area contributed by atoms with Crippen LogP contribution in [0.4, 0.5) is 13.2 Å². The number of carbonyl (C=O) groups excluding carboxylic acids is 1. The smallest absolute Gasteiger partial charge is 0.385 e. The number of amides is 1. The van der Waals surface area contributed by atoms with Crippen molar-refractivity contribution in [3.8, 4) is 0 Å². The zero-order chi connectivity index (χ0) is 17.3. The number of carbonyl (C=O) groups is 1. The molecule has 4 rings (SSSR count). The SMILES string of the molecule is CC(=O)N[C@H]1[C@@H]2C[C@](O)(c3cc(C(F)(F)F)cc4[nH]ncc34)C[C@@H]21. The Morgan fingerprint density at radius 2 is 2.04 bits per heavy atom. The fraction of sp³-hybridized carbons (Fsp3) is 0.500. The van der Waals surface area contributed by atoms with Gasteiger partial charge in [-0.1, -0.05) is 0 Å². The molecule has 0 spiro atoms. The number of hydrogen-bond donors (Lipinski definition) is 3. The van der Waals surface area contributed by atoms with Crippen LogP contribution in [-0.2, 0) is 16.6 Å². The second-order valence-electron chi connectivity index (χ2n) is 6.85. The number of H-pyrrole nitrogens is 1. The molecule has 1 aromatic heterocycles. The molecule has 2 fully saturated rings. The van der Waals surface area contributed by atoms with Crippen LogP contribution in [0.2, 0.25) is 0 Å². The van der Waals surface area contributed by atoms with Gasteiger partial charge in [0, 0.05) is 18.4 Å². The van der Waals surface area contributed by atoms with Gasteiger partial charge >= 0.3 is 6.18 Å². The van der Waals surface area contributed by atoms with Crippen molar-refractivity contribution in [2.45, 2.75) is 37.6 Å². The Morgan fingerprint density at radius 3 is 2.62 bits per heavy atom. The Hall–Kier alpha value is -2.09. The first-order valence-electron chi connectivity index (χ1n) is 7.73. The summed E-state index contributed by atoms with van der Waals surface area (Å²) in [5.41, 5.74) is -1.61. The molecular formula is C16H16F3N3O2. The highest BCUT2D eigenvalue weighted by molar-refractivity contribution is 5.83. The quantitative estimate of drug-likeness (QED) is 0.786. The maximum atomic E-state index is 13.1. The minimum Gasteiger partial charge on any atom is -0.385 e. The minimum absolute atomic E-state index is 0.0217. The lowest BCUT2D eigenvalue weighted by atomic mass is 9.85. The molecule has 0 saturated heterocycles. The van der Waals surface area contributed by atoms with Crippen molar-refractivity contribution in [3.63, 3.8) is 0 Å². The summed E-state index contributed by atoms with van der Waals surface area (Å²) in [5.74, 6) is 0.0834. The van der Waals surface area contributed by atoms with Crippen molar-refractivity contribution in [1.29, 1.82) is 0 Å². The Morgan fingerprint density at radius 1 is 1.38 bits per heavy atom. The van der Waals surface area contributed by atoms with Gasteiger partial charge in [0.05, 0.1) is 22.9 Å². The summed E-state index contributed by atoms with van der Waals surface area (Å²) in [6, 6.07) is 2.05. The molecule has 2 aromatic rings. The molecule has 0 unspecified atom stereocenters. The monoisotopic (exact) mass is 339 g/mol. The van der Waals surface area contributed by atoms with Crippen LogP contribution in [0.3, 0.4) is 0 Å². The second-order valence-corrected chi connectivity index (χ2v) is 6.85. The van der Waals surface area contributed by atoms with Gasteiger partial charge < -0.3 is 10.4 Å². The van der Waals surface area contributed by atoms with E-state index in [9.17, 15) is 23.1 Å². The number of aromatic amines is 1. The predicted molar refractivity (Wildman–Crippen MR) is 78.8 cm³/mol. The molecule has 5 nitrogen and oxygen atoms in total. The van der Waals surface area contributed by atoms with E-state index in [2.05, 4.69) is 15.5 Å². The first kappa shape index (κ1) is 15.4. The van der Waals surface area contributed by atoms with E-state index >= 15 is 0 Å². The molecule has 2 aliphatic rings. The van der Waals surface area contributed by atoms with Crippen molar-refractivity contribution in [3.05, 3.63) is 29.5 Å². The van der Waals surface area contributed by atoms with Crippen LogP contribution in [0.1, 0.15) is 30.9 Å². The molecule has 1 amide bonds. The number of fused-ring (bicyclic) bond motifs is 2. The van der Waals surface area contributed by atoms with E-state index in [4.69, 9.17) is 0 Å². The van der Waals surface area contributed by atoms with Crippen LogP contribution in [0.5, 0.6) is 0 Å². The minimum atomic E-state index is -4.50. The van der Waals surface area contributed by atoms with E-state index in [0.29, 0.717) is 18.2 Å². The molecule has 8 heteroatoms. The third kappa shape index (κ3) is 2.28. The van der Waals surface area contributed by atoms with E-state index in [1.165, 1.54) is 13.1 Å². The van der Waals surface area contributed by atoms with Crippen molar-refractivity contribution < 1.29 is 23.1 Å². The van der Waals surface area contributed by atoms with Gasteiger partial charge in [-0.05, 0) is 42.4 Å². The number of nitrogens with zero attached hydrogens (tertiary/aromatic N) is 1. The van der Waals surface area contributed by atoms with Crippen LogP contribution in [0.25, 0.3) is 10.9 Å². The molecule has 0 aliphatic heterocycles. The number of benzene rings is 1. The van der Waals surface area contributed by atoms with E-state index in [0.717, 1.165) is 12.1 Å². The molecule has 2 aliphatic carbocycles. The summed E-state index contributed by atoms with van der Waals surface area (Å²) < 4.78 is 39.4. The van der Waals surface area contributed by atoms with Gasteiger partial charge in [-0.2, -0.15) is 18.3 Å². The molecule has 4 atom stereocenters. The molecule has 2 saturated carbocycles. The number of aliphatic hydroxyl groups is 1. The fourth-order valence-corrected chi connectivity index (χ4v) is 4.13. The van der Waals surface area contributed by atoms with Crippen LogP contribution < -0.4 is 5.32 Å². The third-order valence-corrected chi connectivity index (χ3v) is 5.24. The summed E-state index contributed by atoms with van der Waals surface area (Å²) in [4.78, 5) is 11.1. The van der Waals surface area contributed by atoms with Gasteiger partial charge in [-0.25, -0.2) is 0 Å². The average Bonchev–Trinajstić information content (AvgIpc) is 2.89. The summed E-state index contributed by atoms with van der Waals surface area (Å²) in [7, 11) is 0. The van der Waals surface area contributed by atoms with Gasteiger partial charge in [-0.3, -0.25) is 9.89 Å². The van der Waals surface area contributed by atoms with Crippen molar-refractivity contribution >= 4 is 16.8 Å². The van der Waals surface area contributed by atoms with Crippen LogP contribution in [0.15, 0.2) is 18.3 Å². The van der Waals surface area contributed by atoms with Crippen molar-refractivity contribution in [1.82, 2.24) is 15.5 Å². The fourth-order valence-electron chi connectivity index (χ4n) is 4.13. The predicted octanol–water partition coefficient (Wildman–Crippen LogP) is 2.31. The van der Waals surface area contributed by atoms with Crippen LogP contribution in [-0.4, -0.2) is 27.3 Å². The lowest BCUT2D eigenvalue weighted by Gasteiger charge is -2.28. The highest BCUT2D eigenvalue weighted by atomic mass is 19.4. The second kappa shape index (κ2) is 4.72. The van der Waals surface area contributed by atoms with Gasteiger partial charge in [0.15, 0.2) is 0 Å². The number of halogens is 3. The summed E-state index contributed by atoms with van der Waals surface area (Å²) in [6.07, 6.45) is -2.38. The largest absolute Gasteiger partial charge is 0.416 e. The molecule has 0 bridgehead atoms. The van der Waals surface area contributed by atoms with E-state index in [1.807, 2.05) is 0 Å². The number of aromatic nitrogens is 2. The highest BCUT2D eigenvalue weighted by Gasteiger charge is 2.62. The zero-order valence-electron chi connectivity index (χ0n) is 12.8. The molecule has 0 radical (unpaired) electrons. The Kier molecular flexibility index (Phi) is 3.04. The maximum Gasteiger partial charge on any atom is 0.416 e. The van der Waals surface area contributed by atoms with Gasteiger partial charge in [0.25, 0.3) is 0 Å². The van der Waals surface area contributed by atoms with Crippen molar-refractivity contribution in [2.75, 3.05) is 0 Å². The van der Waals surface area contributed by atoms with Crippen LogP contribution in [0, 0.1) is 11.8 Å². The molecule has 24 heavy (non-hydrogen) atoms. The number of rotatable bonds is 2. The van der Waals surface area contributed by atoms with E-state index in [-0.39, 0.29) is 34.9 Å². The zero-order valence-corrected chi connectivity index (χ0v) is 12.8. The van der Waals surface area contributed by atoms with Crippen molar-refractivity contribution in [2.24, 2.45) is 11.8 Å². The lowest BCUT2D eigenvalue weighted by Crippen LogP contribution is -2.32. The molecular weight excluding hydrogens is 323 g/mol. The molecule has 1 aromatic carbocycles. The number of hydrogen-bond acceptors (Lipinski definition) is 3. The van der Waals surface area contributed by atoms with E-state index in [1.54, 1.807) is 0 Å². The first-order chi connectivity index (χ1) is 11.2. The Balaban J connectivity index is 1.70. The Bertz CT molecular complexity index is 818. The first-order valence-corrected chi connectivity index (χ1v) is 7.73. The standard InChI is InChI=1S/C16H16F3N3O2/c1-7(23)21-14-9-4-15(24,5-10(9)14)12-2-8(16(17,18)19)3-13-11(12)6-20-22-13/h2-3,6,9-10,14,24H,4-5H2,1H3,(H,20,22)(H,21,23)/t9-,10+,14+,15-. The third-order valence-electron chi connectivity index (χ3n) is 5.24. The summed E-state index contributed by atoms with van der Waals surface area (Å²) in [6.45, 7) is 1.43. The topological polar surface area (TPSA) is 78.0 Å². The Labute approximate surface area is 135 Å². The average molecular weight is 339 g/mol. The van der Waals surface area contributed by atoms with Gasteiger partial charge in [0.2, 0.25) is 5.91 Å².